The molecule has 0 radical (unpaired) electrons. The zero-order valence-corrected chi connectivity index (χ0v) is 12.9. The molecule has 0 saturated carbocycles. The van der Waals surface area contributed by atoms with Gasteiger partial charge in [0.15, 0.2) is 0 Å². The molecule has 0 spiro atoms. The van der Waals surface area contributed by atoms with Crippen LogP contribution in [0.3, 0.4) is 0 Å². The van der Waals surface area contributed by atoms with Crippen LogP contribution in [0.5, 0.6) is 0 Å². The molecule has 5 nitrogen and oxygen atoms in total. The van der Waals surface area contributed by atoms with Gasteiger partial charge in [0.25, 0.3) is 0 Å². The molecule has 2 rings (SSSR count). The van der Waals surface area contributed by atoms with Crippen LogP contribution in [0.25, 0.3) is 10.9 Å². The number of benzene rings is 1. The Labute approximate surface area is 128 Å². The number of aromatic amines is 1. The summed E-state index contributed by atoms with van der Waals surface area (Å²) in [6, 6.07) is 4.06. The summed E-state index contributed by atoms with van der Waals surface area (Å²) in [5, 5.41) is 12.8. The third-order valence-electron chi connectivity index (χ3n) is 3.11. The molecule has 0 aliphatic rings. The molecule has 0 aliphatic heterocycles. The molecule has 1 atom stereocenters. The average molecular weight is 308 g/mol. The molecule has 1 unspecified atom stereocenters. The van der Waals surface area contributed by atoms with E-state index in [-0.39, 0.29) is 12.4 Å². The number of carbonyl (C=O) groups excluding carboxylic acids is 1. The van der Waals surface area contributed by atoms with Gasteiger partial charge in [-0.2, -0.15) is 0 Å². The van der Waals surface area contributed by atoms with E-state index in [9.17, 15) is 14.3 Å². The molecule has 22 heavy (non-hydrogen) atoms. The summed E-state index contributed by atoms with van der Waals surface area (Å²) in [4.78, 5) is 14.8. The first-order valence-electron chi connectivity index (χ1n) is 7.14. The van der Waals surface area contributed by atoms with E-state index in [0.717, 1.165) is 10.9 Å². The second-order valence-electron chi connectivity index (χ2n) is 6.24. The number of halogens is 1. The maximum atomic E-state index is 13.6. The van der Waals surface area contributed by atoms with Gasteiger partial charge in [-0.3, -0.25) is 0 Å². The Balaban J connectivity index is 2.12. The number of ether oxygens (including phenoxy) is 1. The fraction of sp³-hybridized carbons (Fsp3) is 0.438. The first kappa shape index (κ1) is 16.3. The largest absolute Gasteiger partial charge is 0.444 e. The number of rotatable bonds is 4. The van der Waals surface area contributed by atoms with Crippen molar-refractivity contribution in [3.8, 4) is 0 Å². The van der Waals surface area contributed by atoms with E-state index in [2.05, 4.69) is 10.3 Å². The van der Waals surface area contributed by atoms with Crippen molar-refractivity contribution in [2.45, 2.75) is 38.8 Å². The number of alkyl carbamates (subject to hydrolysis) is 1. The molecule has 6 heteroatoms. The Morgan fingerprint density at radius 2 is 2.18 bits per heavy atom. The molecule has 120 valence electrons. The van der Waals surface area contributed by atoms with Gasteiger partial charge in [0.2, 0.25) is 0 Å². The van der Waals surface area contributed by atoms with E-state index >= 15 is 0 Å². The minimum Gasteiger partial charge on any atom is -0.444 e. The van der Waals surface area contributed by atoms with Crippen LogP contribution in [-0.4, -0.2) is 34.4 Å². The molecule has 1 amide bonds. The Kier molecular flexibility index (Phi) is 4.71. The van der Waals surface area contributed by atoms with Crippen LogP contribution in [0.1, 0.15) is 26.3 Å². The second-order valence-corrected chi connectivity index (χ2v) is 6.24. The van der Waals surface area contributed by atoms with Gasteiger partial charge in [-0.05, 0) is 51.0 Å². The quantitative estimate of drug-likeness (QED) is 0.813. The lowest BCUT2D eigenvalue weighted by Gasteiger charge is -2.23. The lowest BCUT2D eigenvalue weighted by molar-refractivity contribution is 0.0483. The second kappa shape index (κ2) is 6.36. The lowest BCUT2D eigenvalue weighted by Crippen LogP contribution is -2.42. The van der Waals surface area contributed by atoms with Crippen LogP contribution < -0.4 is 5.32 Å². The average Bonchev–Trinajstić information content (AvgIpc) is 2.83. The topological polar surface area (TPSA) is 74.3 Å². The van der Waals surface area contributed by atoms with Gasteiger partial charge in [-0.15, -0.1) is 0 Å². The molecule has 0 saturated heterocycles. The van der Waals surface area contributed by atoms with E-state index in [4.69, 9.17) is 4.74 Å². The van der Waals surface area contributed by atoms with Crippen molar-refractivity contribution in [3.05, 3.63) is 35.8 Å². The highest BCUT2D eigenvalue weighted by molar-refractivity contribution is 5.82. The predicted molar refractivity (Wildman–Crippen MR) is 82.2 cm³/mol. The molecular weight excluding hydrogens is 287 g/mol. The first-order chi connectivity index (χ1) is 10.3. The number of aromatic nitrogens is 1. The summed E-state index contributed by atoms with van der Waals surface area (Å²) in [5.74, 6) is -0.351. The Bertz CT molecular complexity index is 661. The van der Waals surface area contributed by atoms with E-state index in [1.54, 1.807) is 33.0 Å². The molecule has 2 aromatic rings. The number of carbonyl (C=O) groups is 1. The van der Waals surface area contributed by atoms with E-state index in [1.807, 2.05) is 0 Å². The molecule has 0 aliphatic carbocycles. The van der Waals surface area contributed by atoms with Gasteiger partial charge in [0.05, 0.1) is 12.6 Å². The number of H-pyrrole nitrogens is 1. The van der Waals surface area contributed by atoms with Gasteiger partial charge in [-0.1, -0.05) is 0 Å². The first-order valence-corrected chi connectivity index (χ1v) is 7.14. The minimum absolute atomic E-state index is 0.266. The van der Waals surface area contributed by atoms with Crippen molar-refractivity contribution in [1.29, 1.82) is 0 Å². The van der Waals surface area contributed by atoms with Crippen molar-refractivity contribution < 1.29 is 19.0 Å². The summed E-state index contributed by atoms with van der Waals surface area (Å²) in [7, 11) is 0. The molecular formula is C16H21FN2O3. The van der Waals surface area contributed by atoms with Crippen molar-refractivity contribution in [1.82, 2.24) is 10.3 Å². The van der Waals surface area contributed by atoms with Gasteiger partial charge in [0, 0.05) is 17.1 Å². The van der Waals surface area contributed by atoms with Crippen LogP contribution in [0.4, 0.5) is 9.18 Å². The number of fused-ring (bicyclic) bond motifs is 1. The summed E-state index contributed by atoms with van der Waals surface area (Å²) >= 11 is 0. The Morgan fingerprint density at radius 1 is 1.45 bits per heavy atom. The Morgan fingerprint density at radius 3 is 2.82 bits per heavy atom. The fourth-order valence-corrected chi connectivity index (χ4v) is 2.27. The van der Waals surface area contributed by atoms with Gasteiger partial charge in [-0.25, -0.2) is 9.18 Å². The third kappa shape index (κ3) is 4.21. The zero-order valence-electron chi connectivity index (χ0n) is 12.9. The fourth-order valence-electron chi connectivity index (χ4n) is 2.27. The van der Waals surface area contributed by atoms with Crippen LogP contribution in [-0.2, 0) is 11.2 Å². The highest BCUT2D eigenvalue weighted by Gasteiger charge is 2.20. The lowest BCUT2D eigenvalue weighted by atomic mass is 10.0. The maximum absolute atomic E-state index is 13.6. The number of hydrogen-bond acceptors (Lipinski definition) is 3. The van der Waals surface area contributed by atoms with E-state index in [0.29, 0.717) is 12.0 Å². The Hall–Kier alpha value is -2.08. The molecule has 1 aromatic carbocycles. The molecule has 1 heterocycles. The molecule has 1 aromatic heterocycles. The maximum Gasteiger partial charge on any atom is 0.407 e. The summed E-state index contributed by atoms with van der Waals surface area (Å²) in [5.41, 5.74) is 0.872. The molecule has 0 fully saturated rings. The summed E-state index contributed by atoms with van der Waals surface area (Å²) in [6.07, 6.45) is 1.42. The number of aliphatic hydroxyl groups excluding tert-OH is 1. The van der Waals surface area contributed by atoms with Crippen LogP contribution in [0.2, 0.25) is 0 Å². The van der Waals surface area contributed by atoms with E-state index < -0.39 is 17.7 Å². The molecule has 3 N–H and O–H groups in total. The number of aliphatic hydroxyl groups is 1. The summed E-state index contributed by atoms with van der Waals surface area (Å²) in [6.45, 7) is 5.01. The summed E-state index contributed by atoms with van der Waals surface area (Å²) < 4.78 is 18.8. The SMILES string of the molecule is CC(C)(C)OC(=O)NC(CO)Cc1cc(F)cc2cc[nH]c12. The number of amides is 1. The normalized spacial score (nSPS) is 13.1. The minimum atomic E-state index is -0.615. The molecule has 0 bridgehead atoms. The smallest absolute Gasteiger partial charge is 0.407 e. The van der Waals surface area contributed by atoms with E-state index in [1.165, 1.54) is 12.1 Å². The number of hydrogen-bond donors (Lipinski definition) is 3. The van der Waals surface area contributed by atoms with Gasteiger partial charge in [0.1, 0.15) is 11.4 Å². The highest BCUT2D eigenvalue weighted by atomic mass is 19.1. The van der Waals surface area contributed by atoms with Crippen LogP contribution in [0, 0.1) is 5.82 Å². The van der Waals surface area contributed by atoms with Crippen molar-refractivity contribution in [3.63, 3.8) is 0 Å². The third-order valence-corrected chi connectivity index (χ3v) is 3.11. The van der Waals surface area contributed by atoms with Crippen molar-refractivity contribution >= 4 is 17.0 Å². The van der Waals surface area contributed by atoms with Crippen molar-refractivity contribution in [2.75, 3.05) is 6.61 Å². The highest BCUT2D eigenvalue weighted by Crippen LogP contribution is 2.20. The van der Waals surface area contributed by atoms with Crippen LogP contribution in [0.15, 0.2) is 24.4 Å². The van der Waals surface area contributed by atoms with Crippen molar-refractivity contribution in [2.24, 2.45) is 0 Å². The standard InChI is InChI=1S/C16H21FN2O3/c1-16(2,3)22-15(21)19-13(9-20)8-11-7-12(17)6-10-4-5-18-14(10)11/h4-7,13,18,20H,8-9H2,1-3H3,(H,19,21). The van der Waals surface area contributed by atoms with Gasteiger partial charge >= 0.3 is 6.09 Å². The van der Waals surface area contributed by atoms with Crippen LogP contribution >= 0.6 is 0 Å². The number of nitrogens with one attached hydrogen (secondary N) is 2. The zero-order chi connectivity index (χ0) is 16.3. The predicted octanol–water partition coefficient (Wildman–Crippen LogP) is 2.74. The monoisotopic (exact) mass is 308 g/mol. The van der Waals surface area contributed by atoms with Gasteiger partial charge < -0.3 is 20.1 Å².